The molecule has 0 bridgehead atoms. The minimum atomic E-state index is -1.04. The van der Waals surface area contributed by atoms with Crippen molar-refractivity contribution in [2.24, 2.45) is 0 Å². The van der Waals surface area contributed by atoms with Crippen molar-refractivity contribution in [3.8, 4) is 0 Å². The van der Waals surface area contributed by atoms with Gasteiger partial charge < -0.3 is 40.2 Å². The van der Waals surface area contributed by atoms with Crippen LogP contribution >= 0.6 is 23.4 Å². The quantitative estimate of drug-likeness (QED) is 0.0572. The summed E-state index contributed by atoms with van der Waals surface area (Å²) >= 11 is 7.05. The van der Waals surface area contributed by atoms with Crippen LogP contribution in [-0.4, -0.2) is 114 Å². The first-order valence-electron chi connectivity index (χ1n) is 19.5. The Morgan fingerprint density at radius 3 is 1.38 bits per heavy atom. The summed E-state index contributed by atoms with van der Waals surface area (Å²) in [6.45, 7) is 22.0. The molecule has 1 aromatic rings. The molecule has 0 aliphatic carbocycles. The number of ketones is 2. The molecule has 58 heavy (non-hydrogen) atoms. The van der Waals surface area contributed by atoms with Crippen molar-refractivity contribution in [2.75, 3.05) is 38.9 Å². The number of methoxy groups -OCH3 is 2. The van der Waals surface area contributed by atoms with E-state index in [2.05, 4.69) is 26.3 Å². The molecular weight excluding hydrogens is 790 g/mol. The first-order chi connectivity index (χ1) is 26.7. The zero-order valence-electron chi connectivity index (χ0n) is 37.2. The molecule has 0 fully saturated rings. The van der Waals surface area contributed by atoms with Crippen molar-refractivity contribution >= 4 is 58.9 Å². The van der Waals surface area contributed by atoms with Crippen LogP contribution in [0.1, 0.15) is 119 Å². The van der Waals surface area contributed by atoms with E-state index in [0.29, 0.717) is 51.6 Å². The van der Waals surface area contributed by atoms with Crippen molar-refractivity contribution in [2.45, 2.75) is 161 Å². The van der Waals surface area contributed by atoms with E-state index in [-0.39, 0.29) is 35.0 Å². The van der Waals surface area contributed by atoms with Crippen molar-refractivity contribution < 1.29 is 47.7 Å². The summed E-state index contributed by atoms with van der Waals surface area (Å²) in [5.74, 6) is -0.956. The predicted molar refractivity (Wildman–Crippen MR) is 227 cm³/mol. The van der Waals surface area contributed by atoms with Gasteiger partial charge in [-0.2, -0.15) is 0 Å². The zero-order chi connectivity index (χ0) is 44.9. The maximum Gasteiger partial charge on any atom is 0.407 e. The third-order valence-corrected chi connectivity index (χ3v) is 9.51. The van der Waals surface area contributed by atoms with Gasteiger partial charge in [-0.3, -0.25) is 24.2 Å². The van der Waals surface area contributed by atoms with Crippen LogP contribution in [0.5, 0.6) is 0 Å². The number of hydrogen-bond acceptors (Lipinski definition) is 12. The molecule has 0 saturated carbocycles. The number of nitrogens with one attached hydrogen (secondary N) is 4. The van der Waals surface area contributed by atoms with Crippen LogP contribution in [0, 0.1) is 13.8 Å². The lowest BCUT2D eigenvalue weighted by molar-refractivity contribution is -0.142. The summed E-state index contributed by atoms with van der Waals surface area (Å²) < 4.78 is 20.7. The SMILES string of the molecule is COC(C)(C)C(=O)N[C@@H](CCCCNC(=O)OC(C)(C)C)C(=O)CCl.COC(C)(C)C(=O)N[C@@H](CCCCNC(=O)OC(C)(C)C)C(=O)CSc1cc(C)nc(C)c1. The van der Waals surface area contributed by atoms with Crippen molar-refractivity contribution in [1.29, 1.82) is 0 Å². The number of amides is 4. The van der Waals surface area contributed by atoms with E-state index in [0.717, 1.165) is 16.3 Å². The number of ether oxygens (including phenoxy) is 4. The molecule has 0 aromatic carbocycles. The lowest BCUT2D eigenvalue weighted by atomic mass is 10.0. The van der Waals surface area contributed by atoms with Gasteiger partial charge in [-0.15, -0.1) is 23.4 Å². The Balaban J connectivity index is 0.00000117. The lowest BCUT2D eigenvalue weighted by Crippen LogP contribution is -2.50. The van der Waals surface area contributed by atoms with Gasteiger partial charge in [0.2, 0.25) is 0 Å². The first-order valence-corrected chi connectivity index (χ1v) is 21.0. The van der Waals surface area contributed by atoms with Gasteiger partial charge in [0.15, 0.2) is 11.6 Å². The molecule has 0 aliphatic heterocycles. The number of aryl methyl sites for hydroxylation is 2. The number of alkyl halides is 1. The first kappa shape index (κ1) is 54.5. The van der Waals surface area contributed by atoms with Crippen LogP contribution in [0.4, 0.5) is 9.59 Å². The van der Waals surface area contributed by atoms with Crippen LogP contribution in [0.2, 0.25) is 0 Å². The van der Waals surface area contributed by atoms with Gasteiger partial charge >= 0.3 is 12.2 Å². The highest BCUT2D eigenvalue weighted by Crippen LogP contribution is 2.21. The Kier molecular flexibility index (Phi) is 24.3. The standard InChI is InChI=1S/C24H39N3O5S.C17H31ClN2O5/c1-16-13-18(14-17(2)26-16)33-15-20(28)19(27-21(29)24(6,7)31-8)11-9-10-12-25-22(30)32-23(3,4)5;1-16(2,3)25-15(23)19-10-8-7-9-12(13(21)11-18)20-14(22)17(4,5)24-6/h13-14,19H,9-12,15H2,1-8H3,(H,25,30)(H,27,29);12H,7-11H2,1-6H3,(H,19,23)(H,20,22)/t19-;12-/m00/s1. The van der Waals surface area contributed by atoms with Gasteiger partial charge in [0, 0.05) is 43.6 Å². The average molecular weight is 861 g/mol. The van der Waals surface area contributed by atoms with Gasteiger partial charge in [-0.1, -0.05) is 0 Å². The van der Waals surface area contributed by atoms with E-state index in [4.69, 9.17) is 30.5 Å². The normalized spacial score (nSPS) is 12.9. The maximum atomic E-state index is 13.0. The summed E-state index contributed by atoms with van der Waals surface area (Å²) in [5.41, 5.74) is -1.36. The molecule has 1 aromatic heterocycles. The van der Waals surface area contributed by atoms with Gasteiger partial charge in [0.05, 0.1) is 23.7 Å². The van der Waals surface area contributed by atoms with Gasteiger partial charge in [-0.05, 0) is 134 Å². The molecule has 0 saturated heterocycles. The number of alkyl carbamates (subject to hydrolysis) is 2. The van der Waals surface area contributed by atoms with Crippen LogP contribution in [-0.2, 0) is 38.1 Å². The third kappa shape index (κ3) is 24.5. The number of Topliss-reactive ketones (excluding diaryl/α,β-unsaturated/α-hetero) is 2. The number of unbranched alkanes of at least 4 members (excludes halogenated alkanes) is 2. The Labute approximate surface area is 355 Å². The smallest absolute Gasteiger partial charge is 0.407 e. The Morgan fingerprint density at radius 1 is 0.655 bits per heavy atom. The number of carbonyl (C=O) groups is 6. The molecule has 2 atom stereocenters. The number of aromatic nitrogens is 1. The predicted octanol–water partition coefficient (Wildman–Crippen LogP) is 6.36. The van der Waals surface area contributed by atoms with Crippen LogP contribution < -0.4 is 21.3 Å². The van der Waals surface area contributed by atoms with Crippen molar-refractivity contribution in [3.63, 3.8) is 0 Å². The zero-order valence-corrected chi connectivity index (χ0v) is 38.8. The van der Waals surface area contributed by atoms with E-state index < -0.39 is 46.7 Å². The Hall–Kier alpha value is -3.47. The lowest BCUT2D eigenvalue weighted by Gasteiger charge is -2.26. The number of hydrogen-bond donors (Lipinski definition) is 4. The van der Waals surface area contributed by atoms with Gasteiger partial charge in [-0.25, -0.2) is 9.59 Å². The molecule has 0 spiro atoms. The topological polar surface area (TPSA) is 200 Å². The monoisotopic (exact) mass is 859 g/mol. The Bertz CT molecular complexity index is 1470. The van der Waals surface area contributed by atoms with E-state index >= 15 is 0 Å². The molecule has 332 valence electrons. The molecule has 0 aliphatic rings. The van der Waals surface area contributed by atoms with Crippen LogP contribution in [0.25, 0.3) is 0 Å². The van der Waals surface area contributed by atoms with Gasteiger partial charge in [0.25, 0.3) is 11.8 Å². The molecule has 4 amide bonds. The third-order valence-electron chi connectivity index (χ3n) is 8.25. The second-order valence-electron chi connectivity index (χ2n) is 16.8. The molecule has 1 rings (SSSR count). The van der Waals surface area contributed by atoms with E-state index in [9.17, 15) is 28.8 Å². The molecule has 1 heterocycles. The molecule has 17 heteroatoms. The molecule has 0 unspecified atom stereocenters. The largest absolute Gasteiger partial charge is 0.444 e. The molecule has 0 radical (unpaired) electrons. The highest BCUT2D eigenvalue weighted by atomic mass is 35.5. The molecular formula is C41H70ClN5O10S. The minimum Gasteiger partial charge on any atom is -0.444 e. The van der Waals surface area contributed by atoms with Crippen LogP contribution in [0.15, 0.2) is 17.0 Å². The minimum absolute atomic E-state index is 0.0625. The summed E-state index contributed by atoms with van der Waals surface area (Å²) in [5, 5.41) is 10.9. The number of nitrogens with zero attached hydrogens (tertiary/aromatic N) is 1. The van der Waals surface area contributed by atoms with E-state index in [1.54, 1.807) is 69.2 Å². The number of thioether (sulfide) groups is 1. The highest BCUT2D eigenvalue weighted by Gasteiger charge is 2.32. The fourth-order valence-corrected chi connectivity index (χ4v) is 5.86. The summed E-state index contributed by atoms with van der Waals surface area (Å²) in [6.07, 6.45) is 2.55. The summed E-state index contributed by atoms with van der Waals surface area (Å²) in [7, 11) is 2.89. The average Bonchev–Trinajstić information content (AvgIpc) is 3.10. The summed E-state index contributed by atoms with van der Waals surface area (Å²) in [4.78, 5) is 78.2. The number of rotatable bonds is 22. The fraction of sp³-hybridized carbons (Fsp3) is 0.732. The highest BCUT2D eigenvalue weighted by molar-refractivity contribution is 8.00. The van der Waals surface area contributed by atoms with E-state index in [1.165, 1.54) is 26.0 Å². The Morgan fingerprint density at radius 2 is 1.03 bits per heavy atom. The van der Waals surface area contributed by atoms with E-state index in [1.807, 2.05) is 26.0 Å². The number of carbonyl (C=O) groups excluding carboxylic acids is 6. The summed E-state index contributed by atoms with van der Waals surface area (Å²) in [6, 6.07) is 2.58. The van der Waals surface area contributed by atoms with Crippen LogP contribution in [0.3, 0.4) is 0 Å². The number of halogens is 1. The fourth-order valence-electron chi connectivity index (χ4n) is 4.66. The second-order valence-corrected chi connectivity index (χ2v) is 18.1. The van der Waals surface area contributed by atoms with Gasteiger partial charge in [0.1, 0.15) is 22.4 Å². The second kappa shape index (κ2) is 25.9. The van der Waals surface area contributed by atoms with Crippen molar-refractivity contribution in [1.82, 2.24) is 26.3 Å². The number of pyridine rings is 1. The molecule has 4 N–H and O–H groups in total. The maximum absolute atomic E-state index is 13.0. The molecule has 15 nitrogen and oxygen atoms in total. The van der Waals surface area contributed by atoms with Crippen molar-refractivity contribution in [3.05, 3.63) is 23.5 Å².